The molecular formula is C13H9BrN4O. The van der Waals surface area contributed by atoms with Gasteiger partial charge in [-0.15, -0.1) is 0 Å². The summed E-state index contributed by atoms with van der Waals surface area (Å²) in [5.41, 5.74) is 1.83. The van der Waals surface area contributed by atoms with E-state index in [4.69, 9.17) is 0 Å². The highest BCUT2D eigenvalue weighted by atomic mass is 79.9. The minimum Gasteiger partial charge on any atom is -0.319 e. The molecule has 0 saturated heterocycles. The van der Waals surface area contributed by atoms with Gasteiger partial charge in [0.1, 0.15) is 10.3 Å². The number of hydrogen-bond acceptors (Lipinski definition) is 3. The van der Waals surface area contributed by atoms with Crippen molar-refractivity contribution in [3.63, 3.8) is 0 Å². The van der Waals surface area contributed by atoms with E-state index in [-0.39, 0.29) is 5.91 Å². The van der Waals surface area contributed by atoms with Crippen LogP contribution in [0.2, 0.25) is 0 Å². The molecule has 2 heterocycles. The van der Waals surface area contributed by atoms with Crippen molar-refractivity contribution in [1.82, 2.24) is 15.2 Å². The van der Waals surface area contributed by atoms with E-state index in [1.165, 1.54) is 0 Å². The monoisotopic (exact) mass is 316 g/mol. The Morgan fingerprint density at radius 2 is 2.05 bits per heavy atom. The zero-order valence-electron chi connectivity index (χ0n) is 9.72. The van der Waals surface area contributed by atoms with E-state index >= 15 is 0 Å². The number of pyridine rings is 1. The number of anilines is 1. The van der Waals surface area contributed by atoms with Crippen molar-refractivity contribution >= 4 is 38.4 Å². The van der Waals surface area contributed by atoms with Gasteiger partial charge in [0.05, 0.1) is 17.4 Å². The summed E-state index contributed by atoms with van der Waals surface area (Å²) >= 11 is 3.24. The number of carbonyl (C=O) groups excluding carboxylic acids is 1. The van der Waals surface area contributed by atoms with Crippen molar-refractivity contribution in [2.75, 3.05) is 5.32 Å². The van der Waals surface area contributed by atoms with Gasteiger partial charge < -0.3 is 5.32 Å². The van der Waals surface area contributed by atoms with Crippen LogP contribution in [-0.2, 0) is 0 Å². The Balaban J connectivity index is 1.93. The summed E-state index contributed by atoms with van der Waals surface area (Å²) in [4.78, 5) is 16.2. The topological polar surface area (TPSA) is 70.7 Å². The van der Waals surface area contributed by atoms with E-state index in [9.17, 15) is 4.79 Å². The molecular weight excluding hydrogens is 308 g/mol. The zero-order chi connectivity index (χ0) is 13.2. The molecule has 1 aromatic carbocycles. The average molecular weight is 317 g/mol. The highest BCUT2D eigenvalue weighted by Crippen LogP contribution is 2.21. The van der Waals surface area contributed by atoms with Crippen LogP contribution in [0.15, 0.2) is 47.2 Å². The number of nitrogens with one attached hydrogen (secondary N) is 2. The molecule has 0 unspecified atom stereocenters. The van der Waals surface area contributed by atoms with Crippen LogP contribution in [0.3, 0.4) is 0 Å². The standard InChI is InChI=1S/C13H9BrN4O/c14-11-6-2-5-10(16-11)13(19)17-9-4-1-3-8-7-15-18-12(8)9/h1-7H,(H,15,18)(H,17,19). The third-order valence-corrected chi connectivity index (χ3v) is 3.11. The van der Waals surface area contributed by atoms with Gasteiger partial charge in [-0.25, -0.2) is 4.98 Å². The quantitative estimate of drug-likeness (QED) is 0.714. The largest absolute Gasteiger partial charge is 0.319 e. The lowest BCUT2D eigenvalue weighted by Gasteiger charge is -2.05. The van der Waals surface area contributed by atoms with Crippen molar-refractivity contribution in [3.8, 4) is 0 Å². The van der Waals surface area contributed by atoms with Crippen LogP contribution in [0, 0.1) is 0 Å². The van der Waals surface area contributed by atoms with Crippen molar-refractivity contribution in [3.05, 3.63) is 52.9 Å². The maximum absolute atomic E-state index is 12.1. The molecule has 0 aliphatic heterocycles. The second-order valence-corrected chi connectivity index (χ2v) is 4.75. The number of para-hydroxylation sites is 1. The van der Waals surface area contributed by atoms with Gasteiger partial charge in [0, 0.05) is 5.39 Å². The lowest BCUT2D eigenvalue weighted by molar-refractivity contribution is 0.102. The minimum absolute atomic E-state index is 0.261. The maximum atomic E-state index is 12.1. The number of aromatic nitrogens is 3. The number of aromatic amines is 1. The first-order valence-corrected chi connectivity index (χ1v) is 6.39. The molecule has 0 aliphatic rings. The second-order valence-electron chi connectivity index (χ2n) is 3.94. The number of H-pyrrole nitrogens is 1. The lowest BCUT2D eigenvalue weighted by atomic mass is 10.2. The van der Waals surface area contributed by atoms with Gasteiger partial charge in [0.15, 0.2) is 0 Å². The fourth-order valence-electron chi connectivity index (χ4n) is 1.79. The summed E-state index contributed by atoms with van der Waals surface area (Å²) in [6, 6.07) is 10.8. The van der Waals surface area contributed by atoms with E-state index in [1.807, 2.05) is 18.2 Å². The van der Waals surface area contributed by atoms with Crippen molar-refractivity contribution in [2.45, 2.75) is 0 Å². The first-order valence-electron chi connectivity index (χ1n) is 5.60. The Labute approximate surface area is 117 Å². The third kappa shape index (κ3) is 2.34. The number of rotatable bonds is 2. The molecule has 0 fully saturated rings. The number of fused-ring (bicyclic) bond motifs is 1. The summed E-state index contributed by atoms with van der Waals surface area (Å²) < 4.78 is 0.625. The number of carbonyl (C=O) groups is 1. The highest BCUT2D eigenvalue weighted by molar-refractivity contribution is 9.10. The number of halogens is 1. The highest BCUT2D eigenvalue weighted by Gasteiger charge is 2.10. The molecule has 3 aromatic rings. The molecule has 0 radical (unpaired) electrons. The number of benzene rings is 1. The number of nitrogens with zero attached hydrogens (tertiary/aromatic N) is 2. The summed E-state index contributed by atoms with van der Waals surface area (Å²) in [6.07, 6.45) is 1.71. The molecule has 3 rings (SSSR count). The Morgan fingerprint density at radius 3 is 2.89 bits per heavy atom. The first-order chi connectivity index (χ1) is 9.24. The number of amides is 1. The summed E-state index contributed by atoms with van der Waals surface area (Å²) in [6.45, 7) is 0. The SMILES string of the molecule is O=C(Nc1cccc2cn[nH]c12)c1cccc(Br)n1. The summed E-state index contributed by atoms with van der Waals surface area (Å²) in [5.74, 6) is -0.261. The maximum Gasteiger partial charge on any atom is 0.274 e. The molecule has 1 amide bonds. The minimum atomic E-state index is -0.261. The Hall–Kier alpha value is -2.21. The van der Waals surface area contributed by atoms with Gasteiger partial charge in [0.25, 0.3) is 5.91 Å². The normalized spacial score (nSPS) is 10.6. The van der Waals surface area contributed by atoms with E-state index in [0.717, 1.165) is 10.9 Å². The average Bonchev–Trinajstić information content (AvgIpc) is 2.88. The summed E-state index contributed by atoms with van der Waals surface area (Å²) in [5, 5.41) is 10.6. The van der Waals surface area contributed by atoms with Gasteiger partial charge in [0.2, 0.25) is 0 Å². The lowest BCUT2D eigenvalue weighted by Crippen LogP contribution is -2.13. The Morgan fingerprint density at radius 1 is 1.21 bits per heavy atom. The molecule has 94 valence electrons. The predicted molar refractivity (Wildman–Crippen MR) is 76.0 cm³/mol. The van der Waals surface area contributed by atoms with Crippen LogP contribution in [0.1, 0.15) is 10.5 Å². The van der Waals surface area contributed by atoms with E-state index in [0.29, 0.717) is 16.0 Å². The van der Waals surface area contributed by atoms with Crippen LogP contribution < -0.4 is 5.32 Å². The van der Waals surface area contributed by atoms with Crippen LogP contribution in [0.25, 0.3) is 10.9 Å². The molecule has 0 aliphatic carbocycles. The predicted octanol–water partition coefficient (Wildman–Crippen LogP) is 2.97. The summed E-state index contributed by atoms with van der Waals surface area (Å²) in [7, 11) is 0. The first kappa shape index (κ1) is 11.9. The van der Waals surface area contributed by atoms with Gasteiger partial charge in [-0.05, 0) is 34.1 Å². The second kappa shape index (κ2) is 4.81. The fraction of sp³-hybridized carbons (Fsp3) is 0. The molecule has 2 N–H and O–H groups in total. The third-order valence-electron chi connectivity index (χ3n) is 2.67. The molecule has 0 bridgehead atoms. The van der Waals surface area contributed by atoms with Crippen LogP contribution >= 0.6 is 15.9 Å². The molecule has 6 heteroatoms. The van der Waals surface area contributed by atoms with E-state index < -0.39 is 0 Å². The molecule has 0 spiro atoms. The van der Waals surface area contributed by atoms with Gasteiger partial charge in [-0.1, -0.05) is 18.2 Å². The molecule has 0 atom stereocenters. The molecule has 0 saturated carbocycles. The van der Waals surface area contributed by atoms with Gasteiger partial charge >= 0.3 is 0 Å². The van der Waals surface area contributed by atoms with Gasteiger partial charge in [-0.3, -0.25) is 9.89 Å². The van der Waals surface area contributed by atoms with Crippen LogP contribution in [-0.4, -0.2) is 21.1 Å². The van der Waals surface area contributed by atoms with Crippen LogP contribution in [0.4, 0.5) is 5.69 Å². The Kier molecular flexibility index (Phi) is 3.00. The zero-order valence-corrected chi connectivity index (χ0v) is 11.3. The number of hydrogen-bond donors (Lipinski definition) is 2. The molecule has 5 nitrogen and oxygen atoms in total. The molecule has 19 heavy (non-hydrogen) atoms. The fourth-order valence-corrected chi connectivity index (χ4v) is 2.14. The Bertz CT molecular complexity index is 753. The van der Waals surface area contributed by atoms with Crippen LogP contribution in [0.5, 0.6) is 0 Å². The van der Waals surface area contributed by atoms with Crippen molar-refractivity contribution in [1.29, 1.82) is 0 Å². The van der Waals surface area contributed by atoms with Crippen molar-refractivity contribution < 1.29 is 4.79 Å². The molecule has 2 aromatic heterocycles. The smallest absolute Gasteiger partial charge is 0.274 e. The van der Waals surface area contributed by atoms with Crippen molar-refractivity contribution in [2.24, 2.45) is 0 Å². The van der Waals surface area contributed by atoms with E-state index in [1.54, 1.807) is 24.4 Å². The van der Waals surface area contributed by atoms with E-state index in [2.05, 4.69) is 36.4 Å². The van der Waals surface area contributed by atoms with Gasteiger partial charge in [-0.2, -0.15) is 5.10 Å².